The molecule has 3 N–H and O–H groups in total. The van der Waals surface area contributed by atoms with Gasteiger partial charge in [0.2, 0.25) is 0 Å². The Kier molecular flexibility index (Phi) is 2.69. The van der Waals surface area contributed by atoms with Crippen molar-refractivity contribution >= 4 is 0 Å². The molecule has 1 unspecified atom stereocenters. The average Bonchev–Trinajstić information content (AvgIpc) is 3.09. The first-order chi connectivity index (χ1) is 8.21. The second kappa shape index (κ2) is 4.08. The molecule has 94 valence electrons. The lowest BCUT2D eigenvalue weighted by atomic mass is 9.97. The maximum atomic E-state index is 10.5. The van der Waals surface area contributed by atoms with Gasteiger partial charge in [-0.3, -0.25) is 4.90 Å². The third-order valence-electron chi connectivity index (χ3n) is 4.01. The van der Waals surface area contributed by atoms with Crippen LogP contribution in [0.4, 0.5) is 0 Å². The van der Waals surface area contributed by atoms with Gasteiger partial charge in [0, 0.05) is 38.6 Å². The van der Waals surface area contributed by atoms with E-state index in [1.54, 1.807) is 0 Å². The van der Waals surface area contributed by atoms with Gasteiger partial charge in [0.1, 0.15) is 5.82 Å². The fourth-order valence-corrected chi connectivity index (χ4v) is 2.73. The minimum atomic E-state index is -0.686. The van der Waals surface area contributed by atoms with E-state index in [0.717, 1.165) is 38.3 Å². The summed E-state index contributed by atoms with van der Waals surface area (Å²) in [5.41, 5.74) is 5.06. The highest BCUT2D eigenvalue weighted by Gasteiger charge is 2.44. The molecule has 0 radical (unpaired) electrons. The van der Waals surface area contributed by atoms with Crippen LogP contribution in [0.15, 0.2) is 12.4 Å². The van der Waals surface area contributed by atoms with Crippen LogP contribution in [0, 0.1) is 5.92 Å². The molecule has 1 aliphatic heterocycles. The Labute approximate surface area is 101 Å². The van der Waals surface area contributed by atoms with Crippen LogP contribution in [0.1, 0.15) is 18.7 Å². The molecule has 1 aliphatic carbocycles. The molecule has 5 heteroatoms. The molecule has 1 saturated carbocycles. The smallest absolute Gasteiger partial charge is 0.122 e. The molecule has 5 nitrogen and oxygen atoms in total. The van der Waals surface area contributed by atoms with E-state index in [-0.39, 0.29) is 0 Å². The van der Waals surface area contributed by atoms with E-state index in [1.165, 1.54) is 0 Å². The number of hydrogen-bond acceptors (Lipinski definition) is 4. The Morgan fingerprint density at radius 1 is 1.47 bits per heavy atom. The maximum Gasteiger partial charge on any atom is 0.122 e. The highest BCUT2D eigenvalue weighted by Crippen LogP contribution is 2.39. The summed E-state index contributed by atoms with van der Waals surface area (Å²) < 4.78 is 2.18. The Hall–Kier alpha value is -0.910. The number of aromatic nitrogens is 2. The van der Waals surface area contributed by atoms with Crippen LogP contribution in [0.25, 0.3) is 0 Å². The Morgan fingerprint density at radius 3 is 3.00 bits per heavy atom. The molecule has 17 heavy (non-hydrogen) atoms. The van der Waals surface area contributed by atoms with E-state index < -0.39 is 5.60 Å². The quantitative estimate of drug-likeness (QED) is 0.759. The molecule has 2 heterocycles. The number of nitrogens with zero attached hydrogens (tertiary/aromatic N) is 3. The number of imidazole rings is 1. The molecule has 3 rings (SSSR count). The van der Waals surface area contributed by atoms with Gasteiger partial charge in [-0.1, -0.05) is 0 Å². The van der Waals surface area contributed by atoms with Crippen molar-refractivity contribution in [2.24, 2.45) is 11.7 Å². The van der Waals surface area contributed by atoms with Crippen molar-refractivity contribution in [2.75, 3.05) is 19.6 Å². The molecule has 0 bridgehead atoms. The maximum absolute atomic E-state index is 10.5. The number of aliphatic hydroxyl groups is 1. The Balaban J connectivity index is 1.67. The molecule has 1 fully saturated rings. The van der Waals surface area contributed by atoms with Crippen LogP contribution >= 0.6 is 0 Å². The molecule has 0 saturated heterocycles. The second-order valence-corrected chi connectivity index (χ2v) is 5.33. The minimum absolute atomic E-state index is 0.364. The highest BCUT2D eigenvalue weighted by molar-refractivity contribution is 5.01. The normalized spacial score (nSPS) is 24.4. The third-order valence-corrected chi connectivity index (χ3v) is 4.01. The van der Waals surface area contributed by atoms with Gasteiger partial charge in [0.15, 0.2) is 0 Å². The largest absolute Gasteiger partial charge is 0.387 e. The molecule has 0 spiro atoms. The standard InChI is InChI=1S/C12H20N4O/c13-8-12(17,10-1-2-10)9-15-5-6-16-4-3-14-11(16)7-15/h3-4,10,17H,1-2,5-9,13H2. The van der Waals surface area contributed by atoms with Crippen molar-refractivity contribution in [3.8, 4) is 0 Å². The first-order valence-electron chi connectivity index (χ1n) is 6.36. The summed E-state index contributed by atoms with van der Waals surface area (Å²) in [7, 11) is 0. The van der Waals surface area contributed by atoms with Gasteiger partial charge in [-0.15, -0.1) is 0 Å². The second-order valence-electron chi connectivity index (χ2n) is 5.33. The predicted octanol–water partition coefficient (Wildman–Crippen LogP) is -0.202. The lowest BCUT2D eigenvalue weighted by Gasteiger charge is -2.35. The molecule has 2 aliphatic rings. The minimum Gasteiger partial charge on any atom is -0.387 e. The van der Waals surface area contributed by atoms with Gasteiger partial charge in [-0.2, -0.15) is 0 Å². The van der Waals surface area contributed by atoms with Crippen LogP contribution < -0.4 is 5.73 Å². The highest BCUT2D eigenvalue weighted by atomic mass is 16.3. The summed E-state index contributed by atoms with van der Waals surface area (Å²) in [6.45, 7) is 3.80. The van der Waals surface area contributed by atoms with Gasteiger partial charge < -0.3 is 15.4 Å². The van der Waals surface area contributed by atoms with E-state index in [4.69, 9.17) is 5.73 Å². The summed E-state index contributed by atoms with van der Waals surface area (Å²) in [5, 5.41) is 10.5. The summed E-state index contributed by atoms with van der Waals surface area (Å²) in [4.78, 5) is 6.60. The zero-order chi connectivity index (χ0) is 11.9. The topological polar surface area (TPSA) is 67.3 Å². The lowest BCUT2D eigenvalue weighted by Crippen LogP contribution is -2.51. The van der Waals surface area contributed by atoms with Crippen LogP contribution in [0.2, 0.25) is 0 Å². The number of β-amino-alcohol motifs (C(OH)–C–C–N with tert-alkyl or cyclic N) is 1. The van der Waals surface area contributed by atoms with Crippen LogP contribution in [0.5, 0.6) is 0 Å². The van der Waals surface area contributed by atoms with Crippen molar-refractivity contribution in [1.29, 1.82) is 0 Å². The van der Waals surface area contributed by atoms with E-state index in [0.29, 0.717) is 19.0 Å². The number of hydrogen-bond donors (Lipinski definition) is 2. The van der Waals surface area contributed by atoms with Crippen LogP contribution in [-0.2, 0) is 13.1 Å². The zero-order valence-corrected chi connectivity index (χ0v) is 10.0. The molecular weight excluding hydrogens is 216 g/mol. The fourth-order valence-electron chi connectivity index (χ4n) is 2.73. The molecular formula is C12H20N4O. The van der Waals surface area contributed by atoms with Crippen molar-refractivity contribution in [1.82, 2.24) is 14.5 Å². The number of rotatable bonds is 4. The Bertz CT molecular complexity index is 401. The summed E-state index contributed by atoms with van der Waals surface area (Å²) in [6.07, 6.45) is 6.10. The molecule has 1 atom stereocenters. The monoisotopic (exact) mass is 236 g/mol. The van der Waals surface area contributed by atoms with Gasteiger partial charge in [0.25, 0.3) is 0 Å². The van der Waals surface area contributed by atoms with Crippen molar-refractivity contribution in [2.45, 2.75) is 31.5 Å². The summed E-state index contributed by atoms with van der Waals surface area (Å²) in [6, 6.07) is 0. The van der Waals surface area contributed by atoms with Gasteiger partial charge in [-0.25, -0.2) is 4.98 Å². The van der Waals surface area contributed by atoms with Crippen molar-refractivity contribution in [3.63, 3.8) is 0 Å². The molecule has 0 aromatic carbocycles. The zero-order valence-electron chi connectivity index (χ0n) is 10.0. The lowest BCUT2D eigenvalue weighted by molar-refractivity contribution is -0.0150. The predicted molar refractivity (Wildman–Crippen MR) is 64.2 cm³/mol. The van der Waals surface area contributed by atoms with Crippen LogP contribution in [-0.4, -0.2) is 44.8 Å². The molecule has 1 aromatic rings. The number of nitrogens with two attached hydrogens (primary N) is 1. The van der Waals surface area contributed by atoms with E-state index >= 15 is 0 Å². The van der Waals surface area contributed by atoms with E-state index in [2.05, 4.69) is 14.5 Å². The average molecular weight is 236 g/mol. The SMILES string of the molecule is NCC(O)(CN1CCn2ccnc2C1)C1CC1. The molecule has 1 aromatic heterocycles. The third kappa shape index (κ3) is 2.10. The van der Waals surface area contributed by atoms with Crippen molar-refractivity contribution in [3.05, 3.63) is 18.2 Å². The summed E-state index contributed by atoms with van der Waals surface area (Å²) in [5.74, 6) is 1.50. The molecule has 0 amide bonds. The van der Waals surface area contributed by atoms with Gasteiger partial charge >= 0.3 is 0 Å². The van der Waals surface area contributed by atoms with Crippen LogP contribution in [0.3, 0.4) is 0 Å². The van der Waals surface area contributed by atoms with Gasteiger partial charge in [0.05, 0.1) is 12.1 Å². The fraction of sp³-hybridized carbons (Fsp3) is 0.750. The van der Waals surface area contributed by atoms with E-state index in [9.17, 15) is 5.11 Å². The van der Waals surface area contributed by atoms with Gasteiger partial charge in [-0.05, 0) is 18.8 Å². The Morgan fingerprint density at radius 2 is 2.29 bits per heavy atom. The van der Waals surface area contributed by atoms with E-state index in [1.807, 2.05) is 12.4 Å². The first-order valence-corrected chi connectivity index (χ1v) is 6.36. The summed E-state index contributed by atoms with van der Waals surface area (Å²) >= 11 is 0. The number of fused-ring (bicyclic) bond motifs is 1. The first kappa shape index (κ1) is 11.2. The van der Waals surface area contributed by atoms with Crippen molar-refractivity contribution < 1.29 is 5.11 Å².